The van der Waals surface area contributed by atoms with Gasteiger partial charge < -0.3 is 0 Å². The lowest BCUT2D eigenvalue weighted by Crippen LogP contribution is -2.11. The summed E-state index contributed by atoms with van der Waals surface area (Å²) in [6, 6.07) is 0. The molecule has 0 aromatic heterocycles. The summed E-state index contributed by atoms with van der Waals surface area (Å²) in [4.78, 5) is 0. The van der Waals surface area contributed by atoms with Gasteiger partial charge in [-0.2, -0.15) is 0 Å². The molecule has 0 fully saturated rings. The fourth-order valence-electron chi connectivity index (χ4n) is 3.72. The smallest absolute Gasteiger partial charge is 0.150 e. The van der Waals surface area contributed by atoms with E-state index in [2.05, 4.69) is 13.8 Å². The number of sulfone groups is 1. The lowest BCUT2D eigenvalue weighted by atomic mass is 10.1. The molecule has 0 aromatic rings. The maximum atomic E-state index is 12.1. The molecule has 0 amide bonds. The van der Waals surface area contributed by atoms with Crippen LogP contribution < -0.4 is 0 Å². The maximum absolute atomic E-state index is 12.1. The Hall–Kier alpha value is -0.0500. The van der Waals surface area contributed by atoms with Crippen LogP contribution in [0, 0.1) is 0 Å². The van der Waals surface area contributed by atoms with Gasteiger partial charge in [0, 0.05) is 0 Å². The Bertz CT molecular complexity index is 346. The first-order valence-corrected chi connectivity index (χ1v) is 14.1. The van der Waals surface area contributed by atoms with Crippen molar-refractivity contribution in [2.24, 2.45) is 0 Å². The van der Waals surface area contributed by atoms with Gasteiger partial charge in [-0.25, -0.2) is 8.42 Å². The van der Waals surface area contributed by atoms with Crippen molar-refractivity contribution < 1.29 is 8.42 Å². The molecule has 164 valence electrons. The molecule has 0 N–H and O–H groups in total. The average Bonchev–Trinajstić information content (AvgIpc) is 2.64. The Morgan fingerprint density at radius 1 is 0.370 bits per heavy atom. The van der Waals surface area contributed by atoms with Crippen LogP contribution >= 0.6 is 0 Å². The lowest BCUT2D eigenvalue weighted by Gasteiger charge is -2.05. The first kappa shape index (κ1) is 27.0. The van der Waals surface area contributed by atoms with Crippen LogP contribution in [-0.2, 0) is 9.84 Å². The van der Waals surface area contributed by atoms with Crippen LogP contribution in [0.15, 0.2) is 0 Å². The molecule has 3 heteroatoms. The van der Waals surface area contributed by atoms with Crippen molar-refractivity contribution in [2.45, 2.75) is 142 Å². The minimum absolute atomic E-state index is 0.418. The second kappa shape index (κ2) is 20.7. The highest BCUT2D eigenvalue weighted by Crippen LogP contribution is 2.13. The van der Waals surface area contributed by atoms with E-state index in [9.17, 15) is 8.42 Å². The predicted molar refractivity (Wildman–Crippen MR) is 122 cm³/mol. The number of hydrogen-bond acceptors (Lipinski definition) is 2. The molecule has 0 rings (SSSR count). The zero-order valence-corrected chi connectivity index (χ0v) is 19.6. The minimum atomic E-state index is -2.80. The van der Waals surface area contributed by atoms with E-state index in [4.69, 9.17) is 0 Å². The molecule has 27 heavy (non-hydrogen) atoms. The van der Waals surface area contributed by atoms with Gasteiger partial charge in [-0.15, -0.1) is 0 Å². The van der Waals surface area contributed by atoms with E-state index >= 15 is 0 Å². The van der Waals surface area contributed by atoms with Crippen LogP contribution in [0.3, 0.4) is 0 Å². The van der Waals surface area contributed by atoms with Crippen LogP contribution in [-0.4, -0.2) is 19.9 Å². The van der Waals surface area contributed by atoms with Gasteiger partial charge in [-0.3, -0.25) is 0 Å². The van der Waals surface area contributed by atoms with Crippen molar-refractivity contribution in [1.29, 1.82) is 0 Å². The van der Waals surface area contributed by atoms with Gasteiger partial charge >= 0.3 is 0 Å². The van der Waals surface area contributed by atoms with E-state index in [1.807, 2.05) is 0 Å². The molecule has 0 atom stereocenters. The third-order valence-electron chi connectivity index (χ3n) is 5.62. The molecule has 0 aliphatic carbocycles. The third kappa shape index (κ3) is 22.1. The molecule has 0 saturated carbocycles. The summed E-state index contributed by atoms with van der Waals surface area (Å²) >= 11 is 0. The summed E-state index contributed by atoms with van der Waals surface area (Å²) in [6.45, 7) is 4.51. The van der Waals surface area contributed by atoms with Gasteiger partial charge in [0.25, 0.3) is 0 Å². The first-order valence-electron chi connectivity index (χ1n) is 12.3. The van der Waals surface area contributed by atoms with Crippen molar-refractivity contribution >= 4 is 9.84 Å². The van der Waals surface area contributed by atoms with Crippen molar-refractivity contribution in [1.82, 2.24) is 0 Å². The molecule has 0 bridgehead atoms. The summed E-state index contributed by atoms with van der Waals surface area (Å²) < 4.78 is 24.2. The van der Waals surface area contributed by atoms with E-state index < -0.39 is 9.84 Å². The highest BCUT2D eigenvalue weighted by molar-refractivity contribution is 7.91. The molecule has 0 spiro atoms. The van der Waals surface area contributed by atoms with E-state index in [1.54, 1.807) is 0 Å². The number of hydrogen-bond donors (Lipinski definition) is 0. The standard InChI is InChI=1S/C24H50O2S/c1-3-5-7-9-11-13-15-17-19-21-23-27(25,26)24-22-20-18-16-14-12-10-8-6-4-2/h3-24H2,1-2H3. The van der Waals surface area contributed by atoms with E-state index in [0.29, 0.717) is 11.5 Å². The molecule has 0 aliphatic rings. The molecule has 0 saturated heterocycles. The Labute approximate surface area is 172 Å². The molecule has 0 radical (unpaired) electrons. The summed E-state index contributed by atoms with van der Waals surface area (Å²) in [5.41, 5.74) is 0. The molecule has 2 nitrogen and oxygen atoms in total. The molecule has 0 aliphatic heterocycles. The predicted octanol–water partition coefficient (Wildman–Crippen LogP) is 8.24. The zero-order chi connectivity index (χ0) is 20.1. The van der Waals surface area contributed by atoms with Gasteiger partial charge in [-0.1, -0.05) is 129 Å². The van der Waals surface area contributed by atoms with Crippen molar-refractivity contribution in [2.75, 3.05) is 11.5 Å². The fourth-order valence-corrected chi connectivity index (χ4v) is 5.21. The van der Waals surface area contributed by atoms with Crippen LogP contribution in [0.25, 0.3) is 0 Å². The average molecular weight is 403 g/mol. The number of unbranched alkanes of at least 4 members (excludes halogenated alkanes) is 18. The van der Waals surface area contributed by atoms with Crippen LogP contribution in [0.2, 0.25) is 0 Å². The Balaban J connectivity index is 3.34. The van der Waals surface area contributed by atoms with Crippen LogP contribution in [0.1, 0.15) is 142 Å². The monoisotopic (exact) mass is 402 g/mol. The fraction of sp³-hybridized carbons (Fsp3) is 1.00. The summed E-state index contributed by atoms with van der Waals surface area (Å²) in [5, 5.41) is 0. The minimum Gasteiger partial charge on any atom is -0.229 e. The van der Waals surface area contributed by atoms with Gasteiger partial charge in [-0.05, 0) is 12.8 Å². The summed E-state index contributed by atoms with van der Waals surface area (Å²) in [6.07, 6.45) is 25.2. The molecule has 0 aromatic carbocycles. The normalized spacial score (nSPS) is 11.9. The lowest BCUT2D eigenvalue weighted by molar-refractivity contribution is 0.552. The van der Waals surface area contributed by atoms with E-state index in [0.717, 1.165) is 25.7 Å². The Morgan fingerprint density at radius 3 is 0.852 bits per heavy atom. The van der Waals surface area contributed by atoms with Gasteiger partial charge in [0.15, 0.2) is 0 Å². The highest BCUT2D eigenvalue weighted by Gasteiger charge is 2.09. The van der Waals surface area contributed by atoms with E-state index in [1.165, 1.54) is 103 Å². The van der Waals surface area contributed by atoms with Crippen molar-refractivity contribution in [3.05, 3.63) is 0 Å². The summed E-state index contributed by atoms with van der Waals surface area (Å²) in [5.74, 6) is 0.835. The molecule has 0 unspecified atom stereocenters. The maximum Gasteiger partial charge on any atom is 0.150 e. The zero-order valence-electron chi connectivity index (χ0n) is 18.8. The topological polar surface area (TPSA) is 34.1 Å². The van der Waals surface area contributed by atoms with Crippen LogP contribution in [0.5, 0.6) is 0 Å². The van der Waals surface area contributed by atoms with Gasteiger partial charge in [0.1, 0.15) is 9.84 Å². The highest BCUT2D eigenvalue weighted by atomic mass is 32.2. The number of rotatable bonds is 22. The molecular formula is C24H50O2S. The quantitative estimate of drug-likeness (QED) is 0.171. The third-order valence-corrected chi connectivity index (χ3v) is 7.44. The largest absolute Gasteiger partial charge is 0.229 e. The van der Waals surface area contributed by atoms with Crippen molar-refractivity contribution in [3.63, 3.8) is 0 Å². The molecular weight excluding hydrogens is 352 g/mol. The molecule has 0 heterocycles. The van der Waals surface area contributed by atoms with Gasteiger partial charge in [0.2, 0.25) is 0 Å². The Morgan fingerprint density at radius 2 is 0.593 bits per heavy atom. The SMILES string of the molecule is CCCCCCCCCCCCS(=O)(=O)CCCCCCCCCCCC. The van der Waals surface area contributed by atoms with Gasteiger partial charge in [0.05, 0.1) is 11.5 Å². The van der Waals surface area contributed by atoms with Crippen molar-refractivity contribution in [3.8, 4) is 0 Å². The first-order chi connectivity index (χ1) is 13.1. The second-order valence-corrected chi connectivity index (χ2v) is 10.8. The second-order valence-electron chi connectivity index (χ2n) is 8.52. The Kier molecular flexibility index (Phi) is 20.6. The van der Waals surface area contributed by atoms with E-state index in [-0.39, 0.29) is 0 Å². The van der Waals surface area contributed by atoms with Crippen LogP contribution in [0.4, 0.5) is 0 Å². The summed E-state index contributed by atoms with van der Waals surface area (Å²) in [7, 11) is -2.80.